The largest absolute Gasteiger partial charge is 0.200 e. The maximum Gasteiger partial charge on any atom is 0.180 e. The molecule has 0 amide bonds. The summed E-state index contributed by atoms with van der Waals surface area (Å²) in [7, 11) is 0. The number of thiocarbonyl (C=S) groups is 1. The van der Waals surface area contributed by atoms with Crippen molar-refractivity contribution in [3.05, 3.63) is 0 Å². The van der Waals surface area contributed by atoms with E-state index in [0.717, 1.165) is 32.1 Å². The number of nitrogens with zero attached hydrogens (tertiary/aromatic N) is 3. The highest BCUT2D eigenvalue weighted by Crippen LogP contribution is 2.35. The molecule has 3 nitrogen and oxygen atoms in total. The number of aliphatic imine (C=N–C) groups is 1. The number of hydrogen-bond donors (Lipinski definition) is 0. The summed E-state index contributed by atoms with van der Waals surface area (Å²) in [5, 5.41) is 11.7. The topological polar surface area (TPSA) is 37.1 Å². The van der Waals surface area contributed by atoms with Crippen molar-refractivity contribution >= 4 is 17.4 Å². The summed E-state index contributed by atoms with van der Waals surface area (Å²) < 4.78 is 0. The van der Waals surface area contributed by atoms with Crippen LogP contribution < -0.4 is 0 Å². The average Bonchev–Trinajstić information content (AvgIpc) is 2.25. The van der Waals surface area contributed by atoms with Crippen molar-refractivity contribution < 1.29 is 0 Å². The first-order chi connectivity index (χ1) is 8.68. The second kappa shape index (κ2) is 6.23. The molecule has 1 aliphatic rings. The van der Waals surface area contributed by atoms with Crippen molar-refractivity contribution in [2.75, 3.05) is 0 Å². The third kappa shape index (κ3) is 5.92. The van der Waals surface area contributed by atoms with Gasteiger partial charge in [-0.25, -0.2) is 0 Å². The minimum atomic E-state index is -0.421. The van der Waals surface area contributed by atoms with Gasteiger partial charge in [-0.15, -0.1) is 0 Å². The Morgan fingerprint density at radius 1 is 1.05 bits per heavy atom. The lowest BCUT2D eigenvalue weighted by Crippen LogP contribution is -2.29. The molecule has 0 atom stereocenters. The summed E-state index contributed by atoms with van der Waals surface area (Å²) in [4.78, 5) is 4.32. The van der Waals surface area contributed by atoms with Crippen LogP contribution in [0.4, 0.5) is 0 Å². The van der Waals surface area contributed by atoms with Gasteiger partial charge >= 0.3 is 0 Å². The van der Waals surface area contributed by atoms with E-state index in [-0.39, 0.29) is 11.0 Å². The van der Waals surface area contributed by atoms with E-state index >= 15 is 0 Å². The van der Waals surface area contributed by atoms with Crippen molar-refractivity contribution in [2.24, 2.45) is 20.6 Å². The number of hydrogen-bond acceptors (Lipinski definition) is 4. The zero-order valence-electron chi connectivity index (χ0n) is 13.0. The van der Waals surface area contributed by atoms with Gasteiger partial charge in [0, 0.05) is 0 Å². The van der Waals surface area contributed by atoms with Crippen LogP contribution in [0, 0.1) is 5.41 Å². The molecular weight excluding hydrogens is 254 g/mol. The van der Waals surface area contributed by atoms with Crippen LogP contribution in [0.1, 0.15) is 73.1 Å². The summed E-state index contributed by atoms with van der Waals surface area (Å²) in [5.41, 5.74) is -0.329. The van der Waals surface area contributed by atoms with Gasteiger partial charge in [-0.2, -0.15) is 15.2 Å². The molecule has 0 saturated heterocycles. The maximum absolute atomic E-state index is 4.78. The molecule has 0 heterocycles. The molecule has 19 heavy (non-hydrogen) atoms. The summed E-state index contributed by atoms with van der Waals surface area (Å²) >= 11 is 4.78. The van der Waals surface area contributed by atoms with Crippen molar-refractivity contribution in [1.82, 2.24) is 0 Å². The molecule has 1 saturated carbocycles. The predicted octanol–water partition coefficient (Wildman–Crippen LogP) is 5.42. The van der Waals surface area contributed by atoms with Crippen molar-refractivity contribution in [3.8, 4) is 0 Å². The second-order valence-electron chi connectivity index (χ2n) is 7.50. The Labute approximate surface area is 123 Å². The van der Waals surface area contributed by atoms with Crippen LogP contribution in [0.25, 0.3) is 0 Å². The van der Waals surface area contributed by atoms with Crippen LogP contribution in [0.5, 0.6) is 0 Å². The molecule has 0 aliphatic heterocycles. The quantitative estimate of drug-likeness (QED) is 0.385. The lowest BCUT2D eigenvalue weighted by atomic mass is 9.82. The molecule has 108 valence electrons. The van der Waals surface area contributed by atoms with Crippen LogP contribution in [-0.2, 0) is 0 Å². The molecule has 1 fully saturated rings. The molecule has 0 aromatic heterocycles. The normalized spacial score (nSPS) is 20.3. The first kappa shape index (κ1) is 16.5. The fraction of sp³-hybridized carbons (Fsp3) is 0.933. The van der Waals surface area contributed by atoms with Gasteiger partial charge in [0.15, 0.2) is 5.66 Å². The Morgan fingerprint density at radius 3 is 2.11 bits per heavy atom. The van der Waals surface area contributed by atoms with Crippen LogP contribution in [0.2, 0.25) is 0 Å². The molecule has 0 aromatic carbocycles. The third-order valence-corrected chi connectivity index (χ3v) is 3.47. The van der Waals surface area contributed by atoms with E-state index in [4.69, 9.17) is 12.2 Å². The lowest BCUT2D eigenvalue weighted by molar-refractivity contribution is 0.250. The van der Waals surface area contributed by atoms with Crippen LogP contribution in [0.15, 0.2) is 15.2 Å². The summed E-state index contributed by atoms with van der Waals surface area (Å²) in [6.07, 6.45) is 6.46. The van der Waals surface area contributed by atoms with Crippen LogP contribution in [-0.4, -0.2) is 16.4 Å². The molecule has 0 radical (unpaired) electrons. The fourth-order valence-corrected chi connectivity index (χ4v) is 3.17. The predicted molar refractivity (Wildman–Crippen MR) is 83.8 cm³/mol. The minimum Gasteiger partial charge on any atom is -0.200 e. The highest BCUT2D eigenvalue weighted by atomic mass is 32.1. The standard InChI is InChI=1S/C15H27N3S/c1-13(2,3)11-14(4,5)17-18-15(16-12-19)9-7-6-8-10-15/h6-11H2,1-5H3/b18-17+. The first-order valence-corrected chi connectivity index (χ1v) is 7.62. The molecular formula is C15H27N3S. The van der Waals surface area contributed by atoms with Crippen LogP contribution in [0.3, 0.4) is 0 Å². The summed E-state index contributed by atoms with van der Waals surface area (Å²) in [6, 6.07) is 0. The van der Waals surface area contributed by atoms with Gasteiger partial charge in [0.1, 0.15) is 0 Å². The van der Waals surface area contributed by atoms with Gasteiger partial charge in [0.25, 0.3) is 0 Å². The van der Waals surface area contributed by atoms with Crippen molar-refractivity contribution in [1.29, 1.82) is 0 Å². The monoisotopic (exact) mass is 281 g/mol. The maximum atomic E-state index is 4.78. The highest BCUT2D eigenvalue weighted by Gasteiger charge is 2.33. The van der Waals surface area contributed by atoms with Gasteiger partial charge < -0.3 is 0 Å². The molecule has 0 aromatic rings. The zero-order valence-corrected chi connectivity index (χ0v) is 13.8. The zero-order chi connectivity index (χ0) is 14.6. The Morgan fingerprint density at radius 2 is 1.63 bits per heavy atom. The van der Waals surface area contributed by atoms with Gasteiger partial charge in [0.2, 0.25) is 0 Å². The van der Waals surface area contributed by atoms with E-state index in [1.807, 2.05) is 0 Å². The molecule has 4 heteroatoms. The highest BCUT2D eigenvalue weighted by molar-refractivity contribution is 7.78. The second-order valence-corrected chi connectivity index (χ2v) is 7.68. The van der Waals surface area contributed by atoms with Gasteiger partial charge in [0.05, 0.1) is 10.7 Å². The SMILES string of the molecule is CC(C)(C)CC(C)(C)/N=N/C1(N=C=S)CCCCC1. The summed E-state index contributed by atoms with van der Waals surface area (Å²) in [5.74, 6) is 0. The number of rotatable bonds is 4. The van der Waals surface area contributed by atoms with Crippen molar-refractivity contribution in [2.45, 2.75) is 84.3 Å². The van der Waals surface area contributed by atoms with Gasteiger partial charge in [-0.1, -0.05) is 27.2 Å². The van der Waals surface area contributed by atoms with Crippen molar-refractivity contribution in [3.63, 3.8) is 0 Å². The smallest absolute Gasteiger partial charge is 0.180 e. The molecule has 0 spiro atoms. The minimum absolute atomic E-state index is 0.153. The van der Waals surface area contributed by atoms with Crippen LogP contribution >= 0.6 is 12.2 Å². The number of isothiocyanates is 1. The molecule has 0 unspecified atom stereocenters. The molecule has 0 N–H and O–H groups in total. The molecule has 1 rings (SSSR count). The average molecular weight is 281 g/mol. The molecule has 1 aliphatic carbocycles. The van der Waals surface area contributed by atoms with E-state index in [1.165, 1.54) is 6.42 Å². The van der Waals surface area contributed by atoms with E-state index in [2.05, 4.69) is 55.0 Å². The van der Waals surface area contributed by atoms with E-state index in [0.29, 0.717) is 0 Å². The van der Waals surface area contributed by atoms with Gasteiger partial charge in [-0.3, -0.25) is 0 Å². The third-order valence-electron chi connectivity index (χ3n) is 3.38. The van der Waals surface area contributed by atoms with E-state index in [9.17, 15) is 0 Å². The Kier molecular flexibility index (Phi) is 5.40. The Hall–Kier alpha value is -0.600. The Bertz CT molecular complexity index is 367. The summed E-state index contributed by atoms with van der Waals surface area (Å²) in [6.45, 7) is 11.0. The lowest BCUT2D eigenvalue weighted by Gasteiger charge is -2.31. The molecule has 0 bridgehead atoms. The van der Waals surface area contributed by atoms with E-state index < -0.39 is 5.66 Å². The van der Waals surface area contributed by atoms with E-state index in [1.54, 1.807) is 0 Å². The Balaban J connectivity index is 2.83. The van der Waals surface area contributed by atoms with Gasteiger partial charge in [-0.05, 0) is 63.6 Å². The fourth-order valence-electron chi connectivity index (χ4n) is 3.00. The first-order valence-electron chi connectivity index (χ1n) is 7.21. The number of azo groups is 1.